The Hall–Kier alpha value is -0.200. The molecule has 0 saturated carbocycles. The van der Waals surface area contributed by atoms with Crippen molar-refractivity contribution in [2.45, 2.75) is 59.4 Å². The van der Waals surface area contributed by atoms with E-state index in [0.717, 1.165) is 26.1 Å². The van der Waals surface area contributed by atoms with Crippen LogP contribution in [-0.4, -0.2) is 82.7 Å². The zero-order chi connectivity index (χ0) is 16.4. The van der Waals surface area contributed by atoms with Crippen LogP contribution in [0.1, 0.15) is 41.0 Å². The van der Waals surface area contributed by atoms with E-state index in [1.54, 1.807) is 13.8 Å². The normalized spacial score (nSPS) is 16.7. The lowest BCUT2D eigenvalue weighted by molar-refractivity contribution is 0.0675. The Morgan fingerprint density at radius 3 is 1.38 bits per heavy atom. The minimum atomic E-state index is -0.398. The standard InChI is InChI=1S/C16H36N2O3/c1-13(2)6-7-17(10-14(3)19)8-9-18(11-15(4)20)12-16(5)21/h13-16,19-21H,6-12H2,1-5H3. The van der Waals surface area contributed by atoms with E-state index in [-0.39, 0.29) is 6.10 Å². The molecule has 21 heavy (non-hydrogen) atoms. The summed E-state index contributed by atoms with van der Waals surface area (Å²) in [6, 6.07) is 0. The van der Waals surface area contributed by atoms with Gasteiger partial charge in [-0.2, -0.15) is 0 Å². The monoisotopic (exact) mass is 304 g/mol. The van der Waals surface area contributed by atoms with Gasteiger partial charge in [0.25, 0.3) is 0 Å². The van der Waals surface area contributed by atoms with Gasteiger partial charge < -0.3 is 15.3 Å². The molecule has 0 aromatic heterocycles. The number of hydrogen-bond donors (Lipinski definition) is 3. The largest absolute Gasteiger partial charge is 0.392 e. The van der Waals surface area contributed by atoms with Crippen LogP contribution in [0.15, 0.2) is 0 Å². The second-order valence-corrected chi connectivity index (χ2v) is 6.79. The average molecular weight is 304 g/mol. The molecule has 0 bridgehead atoms. The minimum absolute atomic E-state index is 0.334. The van der Waals surface area contributed by atoms with Crippen LogP contribution < -0.4 is 0 Å². The fourth-order valence-corrected chi connectivity index (χ4v) is 2.40. The fraction of sp³-hybridized carbons (Fsp3) is 1.00. The summed E-state index contributed by atoms with van der Waals surface area (Å²) in [6.45, 7) is 14.2. The van der Waals surface area contributed by atoms with Gasteiger partial charge in [0.15, 0.2) is 0 Å². The molecule has 0 fully saturated rings. The zero-order valence-corrected chi connectivity index (χ0v) is 14.5. The lowest BCUT2D eigenvalue weighted by Gasteiger charge is -2.30. The van der Waals surface area contributed by atoms with E-state index in [9.17, 15) is 15.3 Å². The molecule has 3 N–H and O–H groups in total. The maximum Gasteiger partial charge on any atom is 0.0639 e. The van der Waals surface area contributed by atoms with Gasteiger partial charge in [-0.3, -0.25) is 9.80 Å². The minimum Gasteiger partial charge on any atom is -0.392 e. The highest BCUT2D eigenvalue weighted by molar-refractivity contribution is 4.69. The second kappa shape index (κ2) is 11.4. The van der Waals surface area contributed by atoms with Crippen LogP contribution in [0.25, 0.3) is 0 Å². The van der Waals surface area contributed by atoms with E-state index in [0.29, 0.717) is 25.6 Å². The Balaban J connectivity index is 4.36. The van der Waals surface area contributed by atoms with E-state index in [1.807, 2.05) is 6.92 Å². The Kier molecular flexibility index (Phi) is 11.3. The molecule has 0 amide bonds. The summed E-state index contributed by atoms with van der Waals surface area (Å²) < 4.78 is 0. The van der Waals surface area contributed by atoms with E-state index >= 15 is 0 Å². The van der Waals surface area contributed by atoms with Crippen LogP contribution >= 0.6 is 0 Å². The number of hydrogen-bond acceptors (Lipinski definition) is 5. The van der Waals surface area contributed by atoms with Crippen molar-refractivity contribution in [2.75, 3.05) is 39.3 Å². The maximum atomic E-state index is 9.61. The summed E-state index contributed by atoms with van der Waals surface area (Å²) in [4.78, 5) is 4.35. The van der Waals surface area contributed by atoms with Crippen molar-refractivity contribution >= 4 is 0 Å². The Morgan fingerprint density at radius 1 is 0.619 bits per heavy atom. The van der Waals surface area contributed by atoms with Gasteiger partial charge in [-0.1, -0.05) is 13.8 Å². The summed E-state index contributed by atoms with van der Waals surface area (Å²) in [5.74, 6) is 0.646. The first-order valence-corrected chi connectivity index (χ1v) is 8.19. The van der Waals surface area contributed by atoms with Gasteiger partial charge in [0.05, 0.1) is 18.3 Å². The molecule has 0 aliphatic rings. The Bertz CT molecular complexity index is 236. The number of nitrogens with zero attached hydrogens (tertiary/aromatic N) is 2. The van der Waals surface area contributed by atoms with E-state index < -0.39 is 12.2 Å². The maximum absolute atomic E-state index is 9.61. The van der Waals surface area contributed by atoms with Crippen molar-refractivity contribution in [1.29, 1.82) is 0 Å². The second-order valence-electron chi connectivity index (χ2n) is 6.79. The van der Waals surface area contributed by atoms with Gasteiger partial charge in [-0.05, 0) is 39.7 Å². The molecule has 0 radical (unpaired) electrons. The van der Waals surface area contributed by atoms with Crippen molar-refractivity contribution in [1.82, 2.24) is 9.80 Å². The highest BCUT2D eigenvalue weighted by atomic mass is 16.3. The molecule has 0 rings (SSSR count). The Morgan fingerprint density at radius 2 is 1.00 bits per heavy atom. The van der Waals surface area contributed by atoms with Gasteiger partial charge in [-0.15, -0.1) is 0 Å². The SMILES string of the molecule is CC(C)CCN(CCN(CC(C)O)CC(C)O)CC(C)O. The van der Waals surface area contributed by atoms with E-state index in [2.05, 4.69) is 23.6 Å². The van der Waals surface area contributed by atoms with Crippen LogP contribution in [0.3, 0.4) is 0 Å². The van der Waals surface area contributed by atoms with Gasteiger partial charge in [0.1, 0.15) is 0 Å². The molecule has 0 aliphatic carbocycles. The molecule has 5 heteroatoms. The lowest BCUT2D eigenvalue weighted by Crippen LogP contribution is -2.43. The topological polar surface area (TPSA) is 67.2 Å². The molecule has 5 nitrogen and oxygen atoms in total. The van der Waals surface area contributed by atoms with E-state index in [4.69, 9.17) is 0 Å². The van der Waals surface area contributed by atoms with Gasteiger partial charge in [-0.25, -0.2) is 0 Å². The highest BCUT2D eigenvalue weighted by Gasteiger charge is 2.14. The summed E-state index contributed by atoms with van der Waals surface area (Å²) in [7, 11) is 0. The first-order valence-electron chi connectivity index (χ1n) is 8.19. The molecule has 3 unspecified atom stereocenters. The number of aliphatic hydroxyl groups is 3. The third-order valence-electron chi connectivity index (χ3n) is 3.32. The number of aliphatic hydroxyl groups excluding tert-OH is 3. The molecule has 0 heterocycles. The summed E-state index contributed by atoms with van der Waals surface area (Å²) in [5.41, 5.74) is 0. The van der Waals surface area contributed by atoms with Crippen molar-refractivity contribution in [3.05, 3.63) is 0 Å². The molecule has 0 aromatic rings. The quantitative estimate of drug-likeness (QED) is 0.497. The molecule has 0 aromatic carbocycles. The molecule has 0 aliphatic heterocycles. The average Bonchev–Trinajstić information content (AvgIpc) is 2.30. The Labute approximate surface area is 130 Å². The van der Waals surface area contributed by atoms with Crippen molar-refractivity contribution in [3.63, 3.8) is 0 Å². The summed E-state index contributed by atoms with van der Waals surface area (Å²) in [6.07, 6.45) is -0.0205. The zero-order valence-electron chi connectivity index (χ0n) is 14.5. The molecule has 0 saturated heterocycles. The smallest absolute Gasteiger partial charge is 0.0639 e. The number of rotatable bonds is 12. The molecular formula is C16H36N2O3. The molecule has 0 spiro atoms. The predicted molar refractivity (Wildman–Crippen MR) is 87.4 cm³/mol. The fourth-order valence-electron chi connectivity index (χ4n) is 2.40. The first-order chi connectivity index (χ1) is 9.70. The summed E-state index contributed by atoms with van der Waals surface area (Å²) in [5, 5.41) is 28.7. The van der Waals surface area contributed by atoms with Crippen molar-refractivity contribution < 1.29 is 15.3 Å². The molecular weight excluding hydrogens is 268 g/mol. The van der Waals surface area contributed by atoms with Crippen LogP contribution in [0.4, 0.5) is 0 Å². The molecule has 3 atom stereocenters. The van der Waals surface area contributed by atoms with Crippen LogP contribution in [-0.2, 0) is 0 Å². The third-order valence-corrected chi connectivity index (χ3v) is 3.32. The third kappa shape index (κ3) is 13.2. The van der Waals surface area contributed by atoms with Crippen LogP contribution in [0.2, 0.25) is 0 Å². The van der Waals surface area contributed by atoms with Gasteiger partial charge >= 0.3 is 0 Å². The van der Waals surface area contributed by atoms with Crippen molar-refractivity contribution in [3.8, 4) is 0 Å². The van der Waals surface area contributed by atoms with Crippen LogP contribution in [0, 0.1) is 5.92 Å². The van der Waals surface area contributed by atoms with E-state index in [1.165, 1.54) is 0 Å². The molecule has 128 valence electrons. The first kappa shape index (κ1) is 20.8. The van der Waals surface area contributed by atoms with Crippen LogP contribution in [0.5, 0.6) is 0 Å². The van der Waals surface area contributed by atoms with Crippen molar-refractivity contribution in [2.24, 2.45) is 5.92 Å². The lowest BCUT2D eigenvalue weighted by atomic mass is 10.1. The highest BCUT2D eigenvalue weighted by Crippen LogP contribution is 2.04. The van der Waals surface area contributed by atoms with Gasteiger partial charge in [0.2, 0.25) is 0 Å². The van der Waals surface area contributed by atoms with Gasteiger partial charge in [0, 0.05) is 32.7 Å². The predicted octanol–water partition coefficient (Wildman–Crippen LogP) is 0.779. The summed E-state index contributed by atoms with van der Waals surface area (Å²) >= 11 is 0.